The van der Waals surface area contributed by atoms with Crippen molar-refractivity contribution in [2.45, 2.75) is 114 Å². The number of allylic oxidation sites excluding steroid dienone is 8. The van der Waals surface area contributed by atoms with Gasteiger partial charge in [-0.1, -0.05) is 111 Å². The van der Waals surface area contributed by atoms with Gasteiger partial charge in [-0.15, -0.1) is 0 Å². The Bertz CT molecular complexity index is 4690. The minimum Gasteiger partial charge on any atom is -0.451 e. The third-order valence-electron chi connectivity index (χ3n) is 24.2. The second kappa shape index (κ2) is 29.4. The topological polar surface area (TPSA) is 36.9 Å². The number of hydrogen-bond acceptors (Lipinski definition) is 4. The van der Waals surface area contributed by atoms with Gasteiger partial charge in [0.25, 0.3) is 0 Å². The summed E-state index contributed by atoms with van der Waals surface area (Å²) in [5.41, 5.74) is -10.1. The molecule has 4 fully saturated rings. The third-order valence-corrected chi connectivity index (χ3v) is 24.2. The molecular weight excluding hydrogens is 1510 g/mol. The Morgan fingerprint density at radius 2 is 0.438 bits per heavy atom. The molecule has 0 amide bonds. The van der Waals surface area contributed by atoms with E-state index in [-0.39, 0.29) is 121 Å². The first-order valence-electron chi connectivity index (χ1n) is 36.5. The highest BCUT2D eigenvalue weighted by atomic mass is 19.4. The second-order valence-corrected chi connectivity index (χ2v) is 31.1. The van der Waals surface area contributed by atoms with Crippen LogP contribution in [0.5, 0.6) is 46.0 Å². The first-order valence-corrected chi connectivity index (χ1v) is 36.5. The lowest BCUT2D eigenvalue weighted by molar-refractivity contribution is -0.288. The Kier molecular flexibility index (Phi) is 20.4. The number of alkyl halides is 6. The van der Waals surface area contributed by atoms with Crippen molar-refractivity contribution in [2.75, 3.05) is 0 Å². The first kappa shape index (κ1) is 77.7. The van der Waals surface area contributed by atoms with Crippen LogP contribution in [0.25, 0.3) is 0 Å². The van der Waals surface area contributed by atoms with Gasteiger partial charge in [-0.05, 0) is 219 Å². The van der Waals surface area contributed by atoms with Crippen LogP contribution in [-0.4, -0.2) is 12.4 Å². The quantitative estimate of drug-likeness (QED) is 0.0433. The molecule has 12 unspecified atom stereocenters. The van der Waals surface area contributed by atoms with Crippen LogP contribution in [0.3, 0.4) is 0 Å². The SMILES string of the molecule is CC(C)(c1ccc(Oc2c(F)c(F)c(CC3CC4C=CC3C4)c(F)c2F)cc1)c1ccc(Oc2c(F)c(F)c(CC3CC4C=CC3C4)c(F)c2F)cc1.Fc1c(F)c(Oc2ccc(C(c3ccc(Oc4c(F)c(F)c(CC5CC6C=CC5C6)c(F)c4F)cc3)(C(F)(F)F)C(F)(F)F)cc2)c(F)c(F)c1CC1CC2C=CC1C2. The van der Waals surface area contributed by atoms with E-state index in [1.807, 2.05) is 50.3 Å². The van der Waals surface area contributed by atoms with Gasteiger partial charge in [0, 0.05) is 27.7 Å². The molecule has 4 saturated carbocycles. The predicted octanol–water partition coefficient (Wildman–Crippen LogP) is 25.5. The number of hydrogen-bond donors (Lipinski definition) is 0. The fourth-order valence-electron chi connectivity index (χ4n) is 18.3. The van der Waals surface area contributed by atoms with Crippen molar-refractivity contribution >= 4 is 0 Å². The highest BCUT2D eigenvalue weighted by molar-refractivity contribution is 5.51. The molecule has 26 heteroatoms. The molecule has 0 spiro atoms. The molecule has 8 aromatic rings. The van der Waals surface area contributed by atoms with Crippen molar-refractivity contribution < 1.29 is 116 Å². The zero-order valence-corrected chi connectivity index (χ0v) is 59.2. The van der Waals surface area contributed by atoms with E-state index in [4.69, 9.17) is 18.9 Å². The van der Waals surface area contributed by atoms with Crippen LogP contribution < -0.4 is 18.9 Å². The Hall–Kier alpha value is -9.62. The van der Waals surface area contributed by atoms with Gasteiger partial charge in [0.15, 0.2) is 46.5 Å². The van der Waals surface area contributed by atoms with E-state index >= 15 is 70.2 Å². The van der Waals surface area contributed by atoms with Gasteiger partial charge < -0.3 is 18.9 Å². The van der Waals surface area contributed by atoms with Crippen LogP contribution in [0.4, 0.5) is 96.6 Å². The van der Waals surface area contributed by atoms with Crippen molar-refractivity contribution in [3.05, 3.63) is 283 Å². The number of benzene rings is 8. The maximum atomic E-state index is 15.1. The van der Waals surface area contributed by atoms with E-state index in [2.05, 4.69) is 12.2 Å². The van der Waals surface area contributed by atoms with Crippen molar-refractivity contribution in [1.82, 2.24) is 0 Å². The molecule has 0 aromatic heterocycles. The molecule has 0 radical (unpaired) electrons. The lowest BCUT2D eigenvalue weighted by atomic mass is 9.73. The predicted molar refractivity (Wildman–Crippen MR) is 366 cm³/mol. The van der Waals surface area contributed by atoms with Crippen LogP contribution in [-0.2, 0) is 36.5 Å². The summed E-state index contributed by atoms with van der Waals surface area (Å²) < 4.78 is 351. The van der Waals surface area contributed by atoms with Crippen LogP contribution in [0.2, 0.25) is 0 Å². The first-order chi connectivity index (χ1) is 53.1. The molecule has 0 aliphatic heterocycles. The van der Waals surface area contributed by atoms with Crippen molar-refractivity contribution in [1.29, 1.82) is 0 Å². The fraction of sp³-hybridized carbons (Fsp3) is 0.349. The van der Waals surface area contributed by atoms with Gasteiger partial charge in [0.2, 0.25) is 75.0 Å². The van der Waals surface area contributed by atoms with E-state index < -0.39 is 184 Å². The van der Waals surface area contributed by atoms with E-state index in [0.29, 0.717) is 60.1 Å². The lowest BCUT2D eigenvalue weighted by Crippen LogP contribution is -2.54. The standard InChI is InChI=1S/C43H30F14O2.C43H36F8O2/c44-31-29(17-23-15-19-1-3-21(23)13-19)32(45)36(49)39(35(31)48)58-27-9-5-25(6-10-27)41(42(52,53)54,43(55,56)57)26-7-11-28(12-8-26)59-40-37(50)33(46)30(34(47)38(40)51)18-24-16-20-2-4-22(24)14-20;1-43(2,27-7-11-29(12-8-27)52-41-37(48)33(44)31(34(45)38(41)49)19-25-17-21-3-5-23(25)15-21)28-9-13-30(14-10-28)53-42-39(50)35(46)32(36(47)40(42)51)20-26-18-22-4-6-24(26)16-22/h1-12,19-24H,13-18H2;3-14,21-26H,15-20H2,1-2H3. The van der Waals surface area contributed by atoms with Crippen LogP contribution in [0.1, 0.15) is 110 Å². The van der Waals surface area contributed by atoms with Crippen LogP contribution in [0, 0.1) is 164 Å². The van der Waals surface area contributed by atoms with Crippen molar-refractivity contribution in [3.63, 3.8) is 0 Å². The summed E-state index contributed by atoms with van der Waals surface area (Å²) in [5, 5.41) is 0. The molecule has 0 heterocycles. The molecule has 12 atom stereocenters. The summed E-state index contributed by atoms with van der Waals surface area (Å²) in [6.07, 6.45) is 8.38. The molecule has 8 aliphatic rings. The maximum absolute atomic E-state index is 15.1. The molecule has 112 heavy (non-hydrogen) atoms. The summed E-state index contributed by atoms with van der Waals surface area (Å²) in [7, 11) is 0. The molecular formula is C86H66F22O4. The fourth-order valence-corrected chi connectivity index (χ4v) is 18.3. The molecule has 8 aromatic carbocycles. The average Bonchev–Trinajstić information content (AvgIpc) is 0.959. The molecule has 588 valence electrons. The maximum Gasteiger partial charge on any atom is 0.411 e. The van der Waals surface area contributed by atoms with E-state index in [1.165, 1.54) is 24.3 Å². The van der Waals surface area contributed by atoms with Gasteiger partial charge in [-0.3, -0.25) is 0 Å². The Balaban J connectivity index is 0.000000178. The monoisotopic (exact) mass is 1580 g/mol. The number of fused-ring (bicyclic) bond motifs is 8. The summed E-state index contributed by atoms with van der Waals surface area (Å²) in [4.78, 5) is 0. The van der Waals surface area contributed by atoms with Gasteiger partial charge in [-0.25, -0.2) is 35.1 Å². The molecule has 4 nitrogen and oxygen atoms in total. The normalized spacial score (nSPS) is 23.8. The summed E-state index contributed by atoms with van der Waals surface area (Å²) >= 11 is 0. The number of rotatable bonds is 20. The van der Waals surface area contributed by atoms with Crippen molar-refractivity contribution in [3.8, 4) is 46.0 Å². The Morgan fingerprint density at radius 1 is 0.250 bits per heavy atom. The van der Waals surface area contributed by atoms with Crippen LogP contribution >= 0.6 is 0 Å². The minimum atomic E-state index is -6.17. The lowest BCUT2D eigenvalue weighted by Gasteiger charge is -2.38. The van der Waals surface area contributed by atoms with E-state index in [0.717, 1.165) is 38.5 Å². The largest absolute Gasteiger partial charge is 0.451 e. The summed E-state index contributed by atoms with van der Waals surface area (Å²) in [5.74, 6) is -33.9. The molecule has 0 saturated heterocycles. The van der Waals surface area contributed by atoms with Gasteiger partial charge >= 0.3 is 12.4 Å². The minimum absolute atomic E-state index is 0.0285. The zero-order valence-electron chi connectivity index (χ0n) is 59.2. The highest BCUT2D eigenvalue weighted by Gasteiger charge is 2.72. The number of ether oxygens (including phenoxy) is 4. The molecule has 8 bridgehead atoms. The average molecular weight is 1580 g/mol. The van der Waals surface area contributed by atoms with Gasteiger partial charge in [0.1, 0.15) is 23.0 Å². The Labute approximate surface area is 627 Å². The number of halogens is 22. The smallest absolute Gasteiger partial charge is 0.411 e. The summed E-state index contributed by atoms with van der Waals surface area (Å²) in [6, 6.07) is 15.0. The molecule has 0 N–H and O–H groups in total. The molecule has 8 aliphatic carbocycles. The Morgan fingerprint density at radius 3 is 0.598 bits per heavy atom. The summed E-state index contributed by atoms with van der Waals surface area (Å²) in [6.45, 7) is 3.73. The van der Waals surface area contributed by atoms with E-state index in [1.54, 1.807) is 24.3 Å². The van der Waals surface area contributed by atoms with Gasteiger partial charge in [0.05, 0.1) is 0 Å². The third kappa shape index (κ3) is 13.8. The van der Waals surface area contributed by atoms with Gasteiger partial charge in [-0.2, -0.15) is 61.5 Å². The zero-order chi connectivity index (χ0) is 79.7. The van der Waals surface area contributed by atoms with Crippen LogP contribution in [0.15, 0.2) is 146 Å². The second-order valence-electron chi connectivity index (χ2n) is 31.1. The van der Waals surface area contributed by atoms with Crippen molar-refractivity contribution in [2.24, 2.45) is 71.0 Å². The van der Waals surface area contributed by atoms with E-state index in [9.17, 15) is 26.3 Å². The molecule has 16 rings (SSSR count). The highest BCUT2D eigenvalue weighted by Crippen LogP contribution is 2.58.